The van der Waals surface area contributed by atoms with Crippen LogP contribution in [0.4, 0.5) is 5.13 Å². The number of para-hydroxylation sites is 2. The number of hydrogen-bond acceptors (Lipinski definition) is 8. The fraction of sp³-hybridized carbons (Fsp3) is 0.238. The van der Waals surface area contributed by atoms with Gasteiger partial charge in [-0.2, -0.15) is 0 Å². The van der Waals surface area contributed by atoms with Crippen molar-refractivity contribution in [2.45, 2.75) is 23.8 Å². The number of hydrogen-bond donors (Lipinski definition) is 2. The Bertz CT molecular complexity index is 1170. The van der Waals surface area contributed by atoms with Gasteiger partial charge in [-0.05, 0) is 36.8 Å². The van der Waals surface area contributed by atoms with Crippen molar-refractivity contribution in [2.75, 3.05) is 19.5 Å². The summed E-state index contributed by atoms with van der Waals surface area (Å²) in [5, 5.41) is 12.7. The molecule has 0 fully saturated rings. The number of aromatic nitrogens is 4. The van der Waals surface area contributed by atoms with Crippen molar-refractivity contribution in [1.82, 2.24) is 20.2 Å². The van der Waals surface area contributed by atoms with Crippen molar-refractivity contribution in [3.8, 4) is 22.1 Å². The summed E-state index contributed by atoms with van der Waals surface area (Å²) in [7, 11) is 3.19. The van der Waals surface area contributed by atoms with Crippen LogP contribution in [-0.2, 0) is 4.79 Å². The Hall–Kier alpha value is -3.11. The van der Waals surface area contributed by atoms with Gasteiger partial charge >= 0.3 is 0 Å². The predicted octanol–water partition coefficient (Wildman–Crippen LogP) is 4.61. The number of carbonyl (C=O) groups excluding carboxylic acids is 1. The highest BCUT2D eigenvalue weighted by atomic mass is 32.2. The van der Waals surface area contributed by atoms with Crippen LogP contribution in [0.1, 0.15) is 13.3 Å². The zero-order valence-electron chi connectivity index (χ0n) is 17.2. The molecule has 1 unspecified atom stereocenters. The Morgan fingerprint density at radius 1 is 1.19 bits per heavy atom. The largest absolute Gasteiger partial charge is 0.497 e. The van der Waals surface area contributed by atoms with Gasteiger partial charge < -0.3 is 14.5 Å². The van der Waals surface area contributed by atoms with E-state index in [1.165, 1.54) is 23.1 Å². The van der Waals surface area contributed by atoms with Gasteiger partial charge in [0.15, 0.2) is 10.2 Å². The average molecular weight is 456 g/mol. The van der Waals surface area contributed by atoms with Crippen molar-refractivity contribution in [3.05, 3.63) is 42.5 Å². The fourth-order valence-electron chi connectivity index (χ4n) is 2.99. The molecule has 0 radical (unpaired) electrons. The van der Waals surface area contributed by atoms with Gasteiger partial charge in [0.05, 0.1) is 36.1 Å². The van der Waals surface area contributed by atoms with Gasteiger partial charge in [-0.1, -0.05) is 42.2 Å². The van der Waals surface area contributed by atoms with E-state index < -0.39 is 0 Å². The number of aromatic amines is 1. The van der Waals surface area contributed by atoms with E-state index in [2.05, 4.69) is 25.5 Å². The number of rotatable bonds is 8. The molecule has 8 nitrogen and oxygen atoms in total. The molecule has 31 heavy (non-hydrogen) atoms. The molecule has 0 saturated heterocycles. The number of nitrogens with zero attached hydrogens (tertiary/aromatic N) is 3. The van der Waals surface area contributed by atoms with E-state index in [1.54, 1.807) is 14.2 Å². The highest BCUT2D eigenvalue weighted by Gasteiger charge is 2.22. The second-order valence-corrected chi connectivity index (χ2v) is 8.71. The lowest BCUT2D eigenvalue weighted by molar-refractivity contribution is -0.115. The summed E-state index contributed by atoms with van der Waals surface area (Å²) >= 11 is 2.68. The predicted molar refractivity (Wildman–Crippen MR) is 123 cm³/mol. The second kappa shape index (κ2) is 9.36. The van der Waals surface area contributed by atoms with Crippen LogP contribution in [0.2, 0.25) is 0 Å². The third kappa shape index (κ3) is 4.64. The number of anilines is 1. The van der Waals surface area contributed by atoms with Gasteiger partial charge in [0.1, 0.15) is 11.5 Å². The van der Waals surface area contributed by atoms with Crippen molar-refractivity contribution < 1.29 is 14.3 Å². The number of thioether (sulfide) groups is 1. The number of carbonyl (C=O) groups is 1. The summed E-state index contributed by atoms with van der Waals surface area (Å²) in [5.74, 6) is 1.19. The van der Waals surface area contributed by atoms with Crippen LogP contribution >= 0.6 is 23.1 Å². The molecule has 4 rings (SSSR count). The van der Waals surface area contributed by atoms with E-state index in [-0.39, 0.29) is 11.2 Å². The minimum Gasteiger partial charge on any atom is -0.497 e. The summed E-state index contributed by atoms with van der Waals surface area (Å²) in [6.45, 7) is 1.96. The van der Waals surface area contributed by atoms with Crippen LogP contribution in [0.15, 0.2) is 47.6 Å². The molecule has 2 aromatic heterocycles. The lowest BCUT2D eigenvalue weighted by Crippen LogP contribution is -2.24. The first-order valence-electron chi connectivity index (χ1n) is 9.59. The fourth-order valence-corrected chi connectivity index (χ4v) is 4.68. The molecular weight excluding hydrogens is 434 g/mol. The Morgan fingerprint density at radius 2 is 2.03 bits per heavy atom. The molecular formula is C21H21N5O3S2. The lowest BCUT2D eigenvalue weighted by atomic mass is 10.2. The summed E-state index contributed by atoms with van der Waals surface area (Å²) < 4.78 is 10.7. The SMILES string of the molecule is CCC(Sc1nc2ccccc2[nH]1)C(=O)Nc1nnc(-c2cc(OC)ccc2OC)s1. The number of amides is 1. The van der Waals surface area contributed by atoms with Crippen LogP contribution in [0.5, 0.6) is 11.5 Å². The zero-order chi connectivity index (χ0) is 21.8. The molecule has 2 heterocycles. The highest BCUT2D eigenvalue weighted by molar-refractivity contribution is 8.00. The monoisotopic (exact) mass is 455 g/mol. The molecule has 0 bridgehead atoms. The highest BCUT2D eigenvalue weighted by Crippen LogP contribution is 2.36. The van der Waals surface area contributed by atoms with Gasteiger partial charge in [0, 0.05) is 0 Å². The van der Waals surface area contributed by atoms with E-state index in [1.807, 2.05) is 49.4 Å². The molecule has 2 N–H and O–H groups in total. The molecule has 0 aliphatic rings. The minimum absolute atomic E-state index is 0.145. The van der Waals surface area contributed by atoms with Crippen molar-refractivity contribution in [2.24, 2.45) is 0 Å². The normalized spacial score (nSPS) is 12.0. The Labute approximate surface area is 187 Å². The van der Waals surface area contributed by atoms with Crippen LogP contribution in [0.25, 0.3) is 21.6 Å². The summed E-state index contributed by atoms with van der Waals surface area (Å²) in [5.41, 5.74) is 2.58. The molecule has 4 aromatic rings. The zero-order valence-corrected chi connectivity index (χ0v) is 18.8. The summed E-state index contributed by atoms with van der Waals surface area (Å²) in [6.07, 6.45) is 0.642. The maximum Gasteiger partial charge on any atom is 0.239 e. The lowest BCUT2D eigenvalue weighted by Gasteiger charge is -2.11. The third-order valence-corrected chi connectivity index (χ3v) is 6.70. The standard InChI is InChI=1S/C21H21N5O3S2/c1-4-17(30-20-22-14-7-5-6-8-15(14)23-20)18(27)24-21-26-25-19(31-21)13-11-12(28-2)9-10-16(13)29-3/h5-11,17H,4H2,1-3H3,(H,22,23)(H,24,26,27). The molecule has 0 aliphatic carbocycles. The van der Waals surface area contributed by atoms with Gasteiger partial charge in [0.2, 0.25) is 11.0 Å². The number of H-pyrrole nitrogens is 1. The quantitative estimate of drug-likeness (QED) is 0.374. The first-order chi connectivity index (χ1) is 15.1. The molecule has 160 valence electrons. The maximum atomic E-state index is 12.9. The molecule has 0 saturated carbocycles. The van der Waals surface area contributed by atoms with E-state index in [9.17, 15) is 4.79 Å². The van der Waals surface area contributed by atoms with Crippen LogP contribution < -0.4 is 14.8 Å². The molecule has 2 aromatic carbocycles. The minimum atomic E-state index is -0.320. The maximum absolute atomic E-state index is 12.9. The first-order valence-corrected chi connectivity index (χ1v) is 11.3. The van der Waals surface area contributed by atoms with Gasteiger partial charge in [0.25, 0.3) is 0 Å². The van der Waals surface area contributed by atoms with Crippen LogP contribution in [0, 0.1) is 0 Å². The Kier molecular flexibility index (Phi) is 6.38. The number of fused-ring (bicyclic) bond motifs is 1. The number of ether oxygens (including phenoxy) is 2. The van der Waals surface area contributed by atoms with Crippen molar-refractivity contribution >= 4 is 45.2 Å². The number of imidazole rings is 1. The van der Waals surface area contributed by atoms with Gasteiger partial charge in [-0.15, -0.1) is 10.2 Å². The van der Waals surface area contributed by atoms with E-state index in [4.69, 9.17) is 9.47 Å². The van der Waals surface area contributed by atoms with Crippen molar-refractivity contribution in [3.63, 3.8) is 0 Å². The average Bonchev–Trinajstić information content (AvgIpc) is 3.43. The van der Waals surface area contributed by atoms with E-state index >= 15 is 0 Å². The molecule has 0 spiro atoms. The number of methoxy groups -OCH3 is 2. The van der Waals surface area contributed by atoms with Gasteiger partial charge in [-0.25, -0.2) is 4.98 Å². The van der Waals surface area contributed by atoms with Crippen LogP contribution in [-0.4, -0.2) is 45.5 Å². The molecule has 1 amide bonds. The first kappa shape index (κ1) is 21.1. The topological polar surface area (TPSA) is 102 Å². The molecule has 10 heteroatoms. The smallest absolute Gasteiger partial charge is 0.239 e. The second-order valence-electron chi connectivity index (χ2n) is 6.54. The summed E-state index contributed by atoms with van der Waals surface area (Å²) in [4.78, 5) is 20.6. The Morgan fingerprint density at radius 3 is 2.77 bits per heavy atom. The van der Waals surface area contributed by atoms with Crippen molar-refractivity contribution in [1.29, 1.82) is 0 Å². The van der Waals surface area contributed by atoms with E-state index in [0.717, 1.165) is 16.6 Å². The number of nitrogens with one attached hydrogen (secondary N) is 2. The molecule has 1 atom stereocenters. The van der Waals surface area contributed by atoms with Gasteiger partial charge in [-0.3, -0.25) is 10.1 Å². The summed E-state index contributed by atoms with van der Waals surface area (Å²) in [6, 6.07) is 13.2. The van der Waals surface area contributed by atoms with Crippen LogP contribution in [0.3, 0.4) is 0 Å². The van der Waals surface area contributed by atoms with E-state index in [0.29, 0.717) is 33.2 Å². The number of benzene rings is 2. The molecule has 0 aliphatic heterocycles. The Balaban J connectivity index is 1.49. The third-order valence-electron chi connectivity index (χ3n) is 4.58.